The molecule has 92 valence electrons. The van der Waals surface area contributed by atoms with E-state index < -0.39 is 0 Å². The van der Waals surface area contributed by atoms with Gasteiger partial charge >= 0.3 is 0 Å². The van der Waals surface area contributed by atoms with Crippen LogP contribution in [0.4, 0.5) is 0 Å². The zero-order chi connectivity index (χ0) is 11.2. The largest absolute Gasteiger partial charge is 0.219 e. The fourth-order valence-corrected chi connectivity index (χ4v) is 1.36. The maximum atomic E-state index is 7.68. The molecule has 0 atom stereocenters. The maximum absolute atomic E-state index is 7.68. The Morgan fingerprint density at radius 2 is 1.40 bits per heavy atom. The van der Waals surface area contributed by atoms with Gasteiger partial charge in [0.25, 0.3) is 0 Å². The van der Waals surface area contributed by atoms with Crippen molar-refractivity contribution in [2.24, 2.45) is 0 Å². The van der Waals surface area contributed by atoms with Crippen LogP contribution in [0.25, 0.3) is 0 Å². The highest BCUT2D eigenvalue weighted by molar-refractivity contribution is 4.44. The Labute approximate surface area is 91.0 Å². The molecule has 0 aliphatic heterocycles. The lowest BCUT2D eigenvalue weighted by atomic mass is 10.1. The molecule has 15 heavy (non-hydrogen) atoms. The van der Waals surface area contributed by atoms with E-state index in [0.717, 1.165) is 12.8 Å². The second-order valence-electron chi connectivity index (χ2n) is 3.51. The Morgan fingerprint density at radius 3 is 2.00 bits per heavy atom. The molecule has 1 N–H and O–H groups in total. The predicted molar refractivity (Wildman–Crippen MR) is 54.4 cm³/mol. The zero-order valence-electron chi connectivity index (χ0n) is 9.44. The normalized spacial score (nSPS) is 10.8. The Morgan fingerprint density at radius 1 is 0.800 bits per heavy atom. The Bertz CT molecular complexity index is 98.0. The van der Waals surface area contributed by atoms with E-state index in [4.69, 9.17) is 5.26 Å². The van der Waals surface area contributed by atoms with E-state index in [2.05, 4.69) is 26.9 Å². The topological polar surface area (TPSA) is 57.2 Å². The van der Waals surface area contributed by atoms with Crippen molar-refractivity contribution >= 4 is 0 Å². The summed E-state index contributed by atoms with van der Waals surface area (Å²) in [7, 11) is 0. The first kappa shape index (κ1) is 14.8. The second-order valence-corrected chi connectivity index (χ2v) is 3.51. The average Bonchev–Trinajstić information content (AvgIpc) is 2.26. The van der Waals surface area contributed by atoms with Crippen LogP contribution in [-0.2, 0) is 20.0 Å². The number of hydrogen-bond donors (Lipinski definition) is 1. The van der Waals surface area contributed by atoms with Crippen molar-refractivity contribution in [1.82, 2.24) is 0 Å². The fraction of sp³-hybridized carbons (Fsp3) is 1.00. The van der Waals surface area contributed by atoms with Gasteiger partial charge in [0.15, 0.2) is 0 Å². The van der Waals surface area contributed by atoms with E-state index in [1.54, 1.807) is 0 Å². The van der Waals surface area contributed by atoms with Gasteiger partial charge in [0.05, 0.1) is 6.61 Å². The predicted octanol–water partition coefficient (Wildman–Crippen LogP) is 3.41. The highest BCUT2D eigenvalue weighted by atomic mass is 17.8. The first-order valence-electron chi connectivity index (χ1n) is 5.68. The van der Waals surface area contributed by atoms with Crippen LogP contribution in [0.2, 0.25) is 0 Å². The van der Waals surface area contributed by atoms with E-state index in [9.17, 15) is 0 Å². The number of hydrogen-bond acceptors (Lipinski definition) is 5. The first-order valence-corrected chi connectivity index (χ1v) is 5.68. The van der Waals surface area contributed by atoms with Crippen molar-refractivity contribution < 1.29 is 25.3 Å². The summed E-state index contributed by atoms with van der Waals surface area (Å²) in [6, 6.07) is 0. The van der Waals surface area contributed by atoms with E-state index in [1.807, 2.05) is 0 Å². The van der Waals surface area contributed by atoms with E-state index >= 15 is 0 Å². The van der Waals surface area contributed by atoms with Crippen LogP contribution in [-0.4, -0.2) is 11.9 Å². The van der Waals surface area contributed by atoms with Crippen molar-refractivity contribution in [1.29, 1.82) is 0 Å². The lowest BCUT2D eigenvalue weighted by Crippen LogP contribution is -1.97. The molecule has 0 radical (unpaired) electrons. The molecule has 0 aliphatic rings. The summed E-state index contributed by atoms with van der Waals surface area (Å²) in [6.07, 6.45) is 9.86. The molecule has 0 aliphatic carbocycles. The quantitative estimate of drug-likeness (QED) is 0.311. The van der Waals surface area contributed by atoms with Crippen molar-refractivity contribution in [3.63, 3.8) is 0 Å². The van der Waals surface area contributed by atoms with Crippen molar-refractivity contribution in [2.45, 2.75) is 58.3 Å². The van der Waals surface area contributed by atoms with Crippen LogP contribution in [0.15, 0.2) is 0 Å². The monoisotopic (exact) mass is 222 g/mol. The summed E-state index contributed by atoms with van der Waals surface area (Å²) in [5.41, 5.74) is 0. The summed E-state index contributed by atoms with van der Waals surface area (Å²) in [6.45, 7) is 2.66. The van der Waals surface area contributed by atoms with E-state index in [-0.39, 0.29) is 0 Å². The highest BCUT2D eigenvalue weighted by Gasteiger charge is 1.93. The maximum Gasteiger partial charge on any atom is 0.0855 e. The van der Waals surface area contributed by atoms with Crippen LogP contribution in [0, 0.1) is 0 Å². The summed E-state index contributed by atoms with van der Waals surface area (Å²) in [5.74, 6) is 0. The van der Waals surface area contributed by atoms with Gasteiger partial charge in [-0.05, 0) is 21.5 Å². The molecular formula is C10H22O5. The minimum atomic E-state index is 0.443. The van der Waals surface area contributed by atoms with Gasteiger partial charge in [-0.1, -0.05) is 51.9 Å². The van der Waals surface area contributed by atoms with Crippen LogP contribution >= 0.6 is 0 Å². The Balaban J connectivity index is 2.81. The van der Waals surface area contributed by atoms with Crippen molar-refractivity contribution in [2.75, 3.05) is 6.61 Å². The molecule has 0 heterocycles. The number of unbranched alkanes of at least 4 members (excludes halogenated alkanes) is 7. The lowest BCUT2D eigenvalue weighted by Gasteiger charge is -2.01. The van der Waals surface area contributed by atoms with Crippen LogP contribution < -0.4 is 0 Å². The van der Waals surface area contributed by atoms with Gasteiger partial charge in [-0.15, -0.1) is 0 Å². The van der Waals surface area contributed by atoms with Gasteiger partial charge in [0.1, 0.15) is 0 Å². The van der Waals surface area contributed by atoms with Gasteiger partial charge in [-0.25, -0.2) is 10.1 Å². The molecule has 0 aromatic heterocycles. The molecule has 5 nitrogen and oxygen atoms in total. The molecule has 0 amide bonds. The van der Waals surface area contributed by atoms with Gasteiger partial charge in [0, 0.05) is 0 Å². The second kappa shape index (κ2) is 13.8. The van der Waals surface area contributed by atoms with Gasteiger partial charge < -0.3 is 0 Å². The van der Waals surface area contributed by atoms with Gasteiger partial charge in [-0.3, -0.25) is 0 Å². The SMILES string of the molecule is CCCCCCCCCCOOOOO. The Hall–Kier alpha value is -0.200. The first-order chi connectivity index (χ1) is 7.41. The standard InChI is InChI=1S/C10H22O5/c1-2-3-4-5-6-7-8-9-10-12-14-15-13-11/h11H,2-10H2,1H3. The van der Waals surface area contributed by atoms with Crippen LogP contribution in [0.1, 0.15) is 58.3 Å². The molecule has 0 spiro atoms. The fourth-order valence-electron chi connectivity index (χ4n) is 1.36. The Kier molecular flexibility index (Phi) is 13.6. The van der Waals surface area contributed by atoms with Crippen LogP contribution in [0.5, 0.6) is 0 Å². The third-order valence-electron chi connectivity index (χ3n) is 2.19. The molecule has 0 saturated carbocycles. The zero-order valence-corrected chi connectivity index (χ0v) is 9.44. The highest BCUT2D eigenvalue weighted by Crippen LogP contribution is 2.08. The molecule has 0 saturated heterocycles. The van der Waals surface area contributed by atoms with Gasteiger partial charge in [0.2, 0.25) is 0 Å². The molecule has 0 unspecified atom stereocenters. The molecule has 0 aromatic carbocycles. The van der Waals surface area contributed by atoms with Crippen molar-refractivity contribution in [3.05, 3.63) is 0 Å². The molecule has 0 aromatic rings. The van der Waals surface area contributed by atoms with Crippen LogP contribution in [0.3, 0.4) is 0 Å². The summed E-state index contributed by atoms with van der Waals surface area (Å²) in [5, 5.41) is 18.5. The van der Waals surface area contributed by atoms with E-state index in [1.165, 1.54) is 38.5 Å². The minimum absolute atomic E-state index is 0.443. The molecule has 0 rings (SSSR count). The van der Waals surface area contributed by atoms with Crippen molar-refractivity contribution in [3.8, 4) is 0 Å². The number of rotatable bonds is 12. The molecule has 0 bridgehead atoms. The van der Waals surface area contributed by atoms with E-state index in [0.29, 0.717) is 6.61 Å². The van der Waals surface area contributed by atoms with Gasteiger partial charge in [-0.2, -0.15) is 0 Å². The third-order valence-corrected chi connectivity index (χ3v) is 2.19. The lowest BCUT2D eigenvalue weighted by molar-refractivity contribution is -0.702. The summed E-state index contributed by atoms with van der Waals surface area (Å²) in [4.78, 5) is 4.51. The molecule has 0 fully saturated rings. The summed E-state index contributed by atoms with van der Waals surface area (Å²) >= 11 is 0. The smallest absolute Gasteiger partial charge is 0.0855 e. The molecular weight excluding hydrogens is 200 g/mol. The third kappa shape index (κ3) is 13.8. The molecule has 5 heteroatoms. The average molecular weight is 222 g/mol. The summed E-state index contributed by atoms with van der Waals surface area (Å²) < 4.78 is 0. The minimum Gasteiger partial charge on any atom is -0.219 e.